The molecule has 0 radical (unpaired) electrons. The molecule has 3 N–H and O–H groups in total. The summed E-state index contributed by atoms with van der Waals surface area (Å²) in [6, 6.07) is 11.1. The van der Waals surface area contributed by atoms with E-state index in [1.165, 1.54) is 12.1 Å². The van der Waals surface area contributed by atoms with Gasteiger partial charge in [0.2, 0.25) is 0 Å². The number of nitro groups is 1. The highest BCUT2D eigenvalue weighted by Gasteiger charge is 2.15. The zero-order valence-corrected chi connectivity index (χ0v) is 10.8. The molecule has 0 aromatic heterocycles. The second-order valence-corrected chi connectivity index (χ2v) is 4.30. The third kappa shape index (κ3) is 2.74. The number of nitro benzene ring substituents is 1. The number of hydrogen-bond acceptors (Lipinski definition) is 4. The van der Waals surface area contributed by atoms with Crippen molar-refractivity contribution < 1.29 is 9.72 Å². The van der Waals surface area contributed by atoms with Crippen LogP contribution in [0.15, 0.2) is 42.5 Å². The third-order valence-electron chi connectivity index (χ3n) is 2.88. The molecule has 6 nitrogen and oxygen atoms in total. The summed E-state index contributed by atoms with van der Waals surface area (Å²) in [5.74, 6) is -0.439. The number of para-hydroxylation sites is 2. The maximum Gasteiger partial charge on any atom is 0.273 e. The molecular weight excluding hydrogens is 258 g/mol. The number of aryl methyl sites for hydroxylation is 1. The van der Waals surface area contributed by atoms with Gasteiger partial charge in [-0.3, -0.25) is 14.9 Å². The lowest BCUT2D eigenvalue weighted by molar-refractivity contribution is -0.385. The zero-order chi connectivity index (χ0) is 14.7. The van der Waals surface area contributed by atoms with E-state index in [2.05, 4.69) is 5.32 Å². The van der Waals surface area contributed by atoms with Crippen LogP contribution in [0.5, 0.6) is 0 Å². The summed E-state index contributed by atoms with van der Waals surface area (Å²) in [4.78, 5) is 22.4. The average molecular weight is 271 g/mol. The maximum atomic E-state index is 12.1. The maximum absolute atomic E-state index is 12.1. The first-order chi connectivity index (χ1) is 9.49. The van der Waals surface area contributed by atoms with Gasteiger partial charge in [0.15, 0.2) is 0 Å². The predicted octanol–water partition coefficient (Wildman–Crippen LogP) is 2.74. The number of hydrogen-bond donors (Lipinski definition) is 2. The molecule has 1 amide bonds. The topological polar surface area (TPSA) is 98.3 Å². The summed E-state index contributed by atoms with van der Waals surface area (Å²) < 4.78 is 0. The number of benzene rings is 2. The Morgan fingerprint density at radius 3 is 2.60 bits per heavy atom. The van der Waals surface area contributed by atoms with Crippen molar-refractivity contribution in [2.24, 2.45) is 0 Å². The number of nitrogens with one attached hydrogen (secondary N) is 1. The van der Waals surface area contributed by atoms with Gasteiger partial charge in [-0.1, -0.05) is 18.2 Å². The van der Waals surface area contributed by atoms with Crippen LogP contribution in [0.4, 0.5) is 17.1 Å². The minimum atomic E-state index is -0.511. The van der Waals surface area contributed by atoms with Gasteiger partial charge in [-0.25, -0.2) is 0 Å². The van der Waals surface area contributed by atoms with Gasteiger partial charge in [0, 0.05) is 17.2 Å². The van der Waals surface area contributed by atoms with Gasteiger partial charge in [-0.05, 0) is 25.1 Å². The molecule has 2 aromatic rings. The molecule has 0 aliphatic heterocycles. The molecule has 2 rings (SSSR count). The number of carbonyl (C=O) groups is 1. The smallest absolute Gasteiger partial charge is 0.273 e. The second kappa shape index (κ2) is 5.40. The van der Waals surface area contributed by atoms with Gasteiger partial charge in [0.05, 0.1) is 16.3 Å². The highest BCUT2D eigenvalue weighted by Crippen LogP contribution is 2.21. The normalized spacial score (nSPS) is 10.1. The highest BCUT2D eigenvalue weighted by molar-refractivity contribution is 6.06. The second-order valence-electron chi connectivity index (χ2n) is 4.30. The summed E-state index contributed by atoms with van der Waals surface area (Å²) >= 11 is 0. The minimum absolute atomic E-state index is 0.0846. The van der Waals surface area contributed by atoms with Crippen LogP contribution in [0.3, 0.4) is 0 Å². The van der Waals surface area contributed by atoms with Crippen molar-refractivity contribution in [1.82, 2.24) is 0 Å². The first kappa shape index (κ1) is 13.5. The van der Waals surface area contributed by atoms with Gasteiger partial charge in [0.25, 0.3) is 11.6 Å². The molecule has 102 valence electrons. The Bertz CT molecular complexity index is 683. The zero-order valence-electron chi connectivity index (χ0n) is 10.8. The summed E-state index contributed by atoms with van der Waals surface area (Å²) in [6.07, 6.45) is 0. The van der Waals surface area contributed by atoms with Gasteiger partial charge in [-0.15, -0.1) is 0 Å². The Labute approximate surface area is 115 Å². The van der Waals surface area contributed by atoms with E-state index in [0.29, 0.717) is 16.9 Å². The van der Waals surface area contributed by atoms with Crippen LogP contribution >= 0.6 is 0 Å². The number of carbonyl (C=O) groups excluding carboxylic acids is 1. The molecule has 0 fully saturated rings. The predicted molar refractivity (Wildman–Crippen MR) is 76.6 cm³/mol. The van der Waals surface area contributed by atoms with Gasteiger partial charge < -0.3 is 11.1 Å². The van der Waals surface area contributed by atoms with Crippen LogP contribution in [0.2, 0.25) is 0 Å². The molecule has 0 atom stereocenters. The Morgan fingerprint density at radius 1 is 1.25 bits per heavy atom. The van der Waals surface area contributed by atoms with E-state index in [1.807, 2.05) is 0 Å². The first-order valence-electron chi connectivity index (χ1n) is 5.90. The lowest BCUT2D eigenvalue weighted by Crippen LogP contribution is -2.13. The average Bonchev–Trinajstić information content (AvgIpc) is 2.41. The van der Waals surface area contributed by atoms with E-state index in [4.69, 9.17) is 5.73 Å². The van der Waals surface area contributed by atoms with Gasteiger partial charge in [0.1, 0.15) is 0 Å². The lowest BCUT2D eigenvalue weighted by Gasteiger charge is -2.08. The van der Waals surface area contributed by atoms with Crippen molar-refractivity contribution in [1.29, 1.82) is 0 Å². The molecule has 0 spiro atoms. The minimum Gasteiger partial charge on any atom is -0.397 e. The highest BCUT2D eigenvalue weighted by atomic mass is 16.6. The number of nitrogens with zero attached hydrogens (tertiary/aromatic N) is 1. The van der Waals surface area contributed by atoms with Crippen molar-refractivity contribution in [2.75, 3.05) is 11.1 Å². The molecule has 0 saturated carbocycles. The number of anilines is 2. The number of nitrogen functional groups attached to an aromatic ring is 1. The fraction of sp³-hybridized carbons (Fsp3) is 0.0714. The van der Waals surface area contributed by atoms with Crippen LogP contribution in [0.25, 0.3) is 0 Å². The van der Waals surface area contributed by atoms with E-state index >= 15 is 0 Å². The van der Waals surface area contributed by atoms with Crippen molar-refractivity contribution in [3.8, 4) is 0 Å². The van der Waals surface area contributed by atoms with Gasteiger partial charge in [-0.2, -0.15) is 0 Å². The number of rotatable bonds is 3. The largest absolute Gasteiger partial charge is 0.397 e. The van der Waals surface area contributed by atoms with E-state index in [9.17, 15) is 14.9 Å². The molecule has 6 heteroatoms. The SMILES string of the molecule is Cc1ccc(C(=O)Nc2ccccc2N)cc1[N+](=O)[O-]. The van der Waals surface area contributed by atoms with Crippen LogP contribution in [-0.2, 0) is 0 Å². The summed E-state index contributed by atoms with van der Waals surface area (Å²) in [6.45, 7) is 1.62. The Morgan fingerprint density at radius 2 is 1.95 bits per heavy atom. The van der Waals surface area contributed by atoms with Crippen molar-refractivity contribution in [2.45, 2.75) is 6.92 Å². The van der Waals surface area contributed by atoms with Crippen LogP contribution < -0.4 is 11.1 Å². The molecule has 0 aliphatic rings. The van der Waals surface area contributed by atoms with Gasteiger partial charge >= 0.3 is 0 Å². The van der Waals surface area contributed by atoms with Crippen LogP contribution in [-0.4, -0.2) is 10.8 Å². The first-order valence-corrected chi connectivity index (χ1v) is 5.90. The number of nitrogens with two attached hydrogens (primary N) is 1. The Kier molecular flexibility index (Phi) is 3.65. The molecule has 20 heavy (non-hydrogen) atoms. The molecule has 2 aromatic carbocycles. The van der Waals surface area contributed by atoms with Crippen molar-refractivity contribution in [3.05, 3.63) is 63.7 Å². The monoisotopic (exact) mass is 271 g/mol. The standard InChI is InChI=1S/C14H13N3O3/c1-9-6-7-10(8-13(9)17(19)20)14(18)16-12-5-3-2-4-11(12)15/h2-8H,15H2,1H3,(H,16,18). The Hall–Kier alpha value is -2.89. The van der Waals surface area contributed by atoms with Crippen molar-refractivity contribution >= 4 is 23.0 Å². The molecule has 0 saturated heterocycles. The quantitative estimate of drug-likeness (QED) is 0.509. The molecule has 0 bridgehead atoms. The third-order valence-corrected chi connectivity index (χ3v) is 2.88. The molecule has 0 heterocycles. The number of amides is 1. The summed E-state index contributed by atoms with van der Waals surface area (Å²) in [5, 5.41) is 13.5. The van der Waals surface area contributed by atoms with Crippen LogP contribution in [0, 0.1) is 17.0 Å². The lowest BCUT2D eigenvalue weighted by atomic mass is 10.1. The van der Waals surface area contributed by atoms with E-state index in [1.54, 1.807) is 37.3 Å². The molecule has 0 unspecified atom stereocenters. The fourth-order valence-corrected chi connectivity index (χ4v) is 1.75. The fourth-order valence-electron chi connectivity index (χ4n) is 1.75. The van der Waals surface area contributed by atoms with Crippen LogP contribution in [0.1, 0.15) is 15.9 Å². The van der Waals surface area contributed by atoms with Crippen molar-refractivity contribution in [3.63, 3.8) is 0 Å². The van der Waals surface area contributed by atoms with E-state index in [-0.39, 0.29) is 11.3 Å². The van der Waals surface area contributed by atoms with E-state index < -0.39 is 10.8 Å². The Balaban J connectivity index is 2.28. The summed E-state index contributed by atoms with van der Waals surface area (Å²) in [7, 11) is 0. The molecular formula is C14H13N3O3. The van der Waals surface area contributed by atoms with E-state index in [0.717, 1.165) is 0 Å². The molecule has 0 aliphatic carbocycles. The summed E-state index contributed by atoms with van der Waals surface area (Å²) in [5.41, 5.74) is 7.27.